The molecular weight excluding hydrogens is 431 g/mol. The van der Waals surface area contributed by atoms with E-state index in [0.717, 1.165) is 29.0 Å². The molecule has 2 aromatic carbocycles. The molecule has 0 aliphatic rings. The van der Waals surface area contributed by atoms with Gasteiger partial charge in [0.05, 0.1) is 13.2 Å². The first-order valence-corrected chi connectivity index (χ1v) is 15.3. The molecule has 0 N–H and O–H groups in total. The van der Waals surface area contributed by atoms with Crippen LogP contribution in [0.1, 0.15) is 45.4 Å². The van der Waals surface area contributed by atoms with Crippen molar-refractivity contribution in [3.05, 3.63) is 48.5 Å². The van der Waals surface area contributed by atoms with E-state index in [1.54, 1.807) is 0 Å². The Kier molecular flexibility index (Phi) is 10.6. The highest BCUT2D eigenvalue weighted by molar-refractivity contribution is 7.64. The van der Waals surface area contributed by atoms with Crippen LogP contribution in [0.4, 0.5) is 0 Å². The molecule has 0 saturated carbocycles. The maximum Gasteiger partial charge on any atom is 0.341 e. The van der Waals surface area contributed by atoms with Crippen molar-refractivity contribution in [2.75, 3.05) is 13.2 Å². The van der Waals surface area contributed by atoms with Crippen LogP contribution >= 0.6 is 33.2 Å². The van der Waals surface area contributed by atoms with Crippen LogP contribution in [0.25, 0.3) is 11.1 Å². The summed E-state index contributed by atoms with van der Waals surface area (Å²) < 4.78 is 12.2. The maximum atomic E-state index is 6.13. The van der Waals surface area contributed by atoms with Crippen molar-refractivity contribution in [3.63, 3.8) is 0 Å². The number of benzene rings is 2. The highest BCUT2D eigenvalue weighted by atomic mass is 35.8. The van der Waals surface area contributed by atoms with Crippen molar-refractivity contribution < 1.29 is 9.47 Å². The molecule has 0 heterocycles. The fourth-order valence-corrected chi connectivity index (χ4v) is 4.71. The molecule has 0 unspecified atom stereocenters. The van der Waals surface area contributed by atoms with E-state index >= 15 is 0 Å². The zero-order valence-electron chi connectivity index (χ0n) is 16.4. The lowest BCUT2D eigenvalue weighted by Gasteiger charge is -2.17. The fourth-order valence-electron chi connectivity index (χ4n) is 2.96. The van der Waals surface area contributed by atoms with Crippen LogP contribution in [0.15, 0.2) is 48.5 Å². The highest BCUT2D eigenvalue weighted by Crippen LogP contribution is 2.38. The minimum Gasteiger partial charge on any atom is -0.490 e. The Balaban J connectivity index is 2.07. The number of halogens is 3. The van der Waals surface area contributed by atoms with E-state index in [0.29, 0.717) is 25.7 Å². The molecule has 2 rings (SSSR count). The summed E-state index contributed by atoms with van der Waals surface area (Å²) in [4.78, 5) is 0. The molecule has 6 heteroatoms. The summed E-state index contributed by atoms with van der Waals surface area (Å²) in [7, 11) is 0. The molecule has 0 fully saturated rings. The van der Waals surface area contributed by atoms with Gasteiger partial charge in [0.25, 0.3) is 0 Å². The van der Waals surface area contributed by atoms with Crippen LogP contribution in [0.3, 0.4) is 0 Å². The molecule has 0 bridgehead atoms. The lowest BCUT2D eigenvalue weighted by Crippen LogP contribution is -2.11. The Morgan fingerprint density at radius 1 is 0.750 bits per heavy atom. The van der Waals surface area contributed by atoms with Gasteiger partial charge in [-0.25, -0.2) is 0 Å². The summed E-state index contributed by atoms with van der Waals surface area (Å²) in [6, 6.07) is 14.2. The molecular formula is C22H29Cl3O2Si. The van der Waals surface area contributed by atoms with Crippen molar-refractivity contribution in [2.24, 2.45) is 0 Å². The molecule has 0 aliphatic carbocycles. The van der Waals surface area contributed by atoms with Gasteiger partial charge in [-0.3, -0.25) is 0 Å². The van der Waals surface area contributed by atoms with Gasteiger partial charge >= 0.3 is 6.00 Å². The fraction of sp³-hybridized carbons (Fsp3) is 0.455. The predicted octanol–water partition coefficient (Wildman–Crippen LogP) is 8.13. The van der Waals surface area contributed by atoms with Gasteiger partial charge in [0.1, 0.15) is 0 Å². The minimum atomic E-state index is -2.62. The normalized spacial score (nSPS) is 11.4. The number of ether oxygens (including phenoxy) is 2. The van der Waals surface area contributed by atoms with Crippen LogP contribution in [0.5, 0.6) is 11.5 Å². The molecule has 2 aromatic rings. The maximum absolute atomic E-state index is 6.13. The summed E-state index contributed by atoms with van der Waals surface area (Å²) in [6.07, 6.45) is 6.74. The third kappa shape index (κ3) is 8.65. The second kappa shape index (κ2) is 12.6. The first kappa shape index (κ1) is 23.4. The van der Waals surface area contributed by atoms with E-state index < -0.39 is 6.00 Å². The molecule has 0 aromatic heterocycles. The van der Waals surface area contributed by atoms with Crippen LogP contribution < -0.4 is 9.47 Å². The largest absolute Gasteiger partial charge is 0.490 e. The molecule has 2 nitrogen and oxygen atoms in total. The predicted molar refractivity (Wildman–Crippen MR) is 124 cm³/mol. The summed E-state index contributed by atoms with van der Waals surface area (Å²) in [6.45, 7) is 3.41. The van der Waals surface area contributed by atoms with Crippen LogP contribution in [-0.4, -0.2) is 19.2 Å². The average molecular weight is 460 g/mol. The van der Waals surface area contributed by atoms with E-state index in [2.05, 4.69) is 25.1 Å². The quantitative estimate of drug-likeness (QED) is 0.171. The van der Waals surface area contributed by atoms with E-state index in [9.17, 15) is 0 Å². The standard InChI is InChI=1S/C22H29Cl3O2Si/c1-2-3-4-5-9-16-26-21-15-10-14-20(19-12-7-6-8-13-19)22(21)27-17-11-18-28(23,24)25/h6-8,10,12-15H,2-5,9,11,16-18H2,1H3. The second-order valence-corrected chi connectivity index (χ2v) is 16.1. The average Bonchev–Trinajstić information content (AvgIpc) is 2.68. The first-order chi connectivity index (χ1) is 13.5. The Morgan fingerprint density at radius 3 is 2.18 bits per heavy atom. The lowest BCUT2D eigenvalue weighted by molar-refractivity contribution is 0.264. The molecule has 0 atom stereocenters. The molecule has 28 heavy (non-hydrogen) atoms. The van der Waals surface area contributed by atoms with Gasteiger partial charge in [-0.2, -0.15) is 0 Å². The number of hydrogen-bond acceptors (Lipinski definition) is 2. The minimum absolute atomic E-state index is 0.498. The summed E-state index contributed by atoms with van der Waals surface area (Å²) in [5, 5.41) is 0. The van der Waals surface area contributed by atoms with Gasteiger partial charge in [0, 0.05) is 5.56 Å². The smallest absolute Gasteiger partial charge is 0.341 e. The van der Waals surface area contributed by atoms with E-state index in [-0.39, 0.29) is 0 Å². The van der Waals surface area contributed by atoms with Crippen LogP contribution in [0.2, 0.25) is 6.04 Å². The summed E-state index contributed by atoms with van der Waals surface area (Å²) >= 11 is 18.0. The summed E-state index contributed by atoms with van der Waals surface area (Å²) in [5.41, 5.74) is 2.12. The zero-order valence-corrected chi connectivity index (χ0v) is 19.7. The van der Waals surface area contributed by atoms with Crippen molar-refractivity contribution in [3.8, 4) is 22.6 Å². The van der Waals surface area contributed by atoms with Crippen molar-refractivity contribution in [2.45, 2.75) is 51.5 Å². The first-order valence-electron chi connectivity index (χ1n) is 10.0. The lowest BCUT2D eigenvalue weighted by atomic mass is 10.0. The zero-order chi connectivity index (χ0) is 20.2. The van der Waals surface area contributed by atoms with Crippen LogP contribution in [0, 0.1) is 0 Å². The van der Waals surface area contributed by atoms with Crippen molar-refractivity contribution >= 4 is 39.2 Å². The van der Waals surface area contributed by atoms with Gasteiger partial charge in [-0.15, -0.1) is 33.2 Å². The van der Waals surface area contributed by atoms with Gasteiger partial charge in [0.15, 0.2) is 11.5 Å². The Labute approximate surface area is 184 Å². The Hall–Kier alpha value is -0.873. The number of para-hydroxylation sites is 1. The Bertz CT molecular complexity index is 690. The molecule has 0 aliphatic heterocycles. The Morgan fingerprint density at radius 2 is 1.46 bits per heavy atom. The van der Waals surface area contributed by atoms with Crippen molar-refractivity contribution in [1.82, 2.24) is 0 Å². The van der Waals surface area contributed by atoms with E-state index in [1.165, 1.54) is 25.7 Å². The topological polar surface area (TPSA) is 18.5 Å². The molecule has 0 spiro atoms. The number of hydrogen-bond donors (Lipinski definition) is 0. The number of rotatable bonds is 13. The second-order valence-electron chi connectivity index (χ2n) is 6.83. The van der Waals surface area contributed by atoms with Crippen LogP contribution in [-0.2, 0) is 0 Å². The van der Waals surface area contributed by atoms with Crippen molar-refractivity contribution in [1.29, 1.82) is 0 Å². The van der Waals surface area contributed by atoms with Gasteiger partial charge in [-0.05, 0) is 30.5 Å². The van der Waals surface area contributed by atoms with Gasteiger partial charge in [0.2, 0.25) is 0 Å². The third-order valence-corrected chi connectivity index (χ3v) is 7.04. The molecule has 0 saturated heterocycles. The van der Waals surface area contributed by atoms with E-state index in [1.807, 2.05) is 30.3 Å². The third-order valence-electron chi connectivity index (χ3n) is 4.42. The van der Waals surface area contributed by atoms with Gasteiger partial charge in [-0.1, -0.05) is 75.1 Å². The summed E-state index contributed by atoms with van der Waals surface area (Å²) in [5.74, 6) is 1.55. The molecule has 0 radical (unpaired) electrons. The highest BCUT2D eigenvalue weighted by Gasteiger charge is 2.24. The monoisotopic (exact) mass is 458 g/mol. The molecule has 0 amide bonds. The van der Waals surface area contributed by atoms with E-state index in [4.69, 9.17) is 42.7 Å². The molecule has 154 valence electrons. The number of unbranched alkanes of at least 4 members (excludes halogenated alkanes) is 4. The SMILES string of the molecule is CCCCCCCOc1cccc(-c2ccccc2)c1OCCC[Si](Cl)(Cl)Cl. The van der Waals surface area contributed by atoms with Gasteiger partial charge < -0.3 is 9.47 Å².